The maximum atomic E-state index is 11.8. The number of benzene rings is 1. The Morgan fingerprint density at radius 2 is 1.95 bits per heavy atom. The summed E-state index contributed by atoms with van der Waals surface area (Å²) in [5, 5.41) is 6.92. The zero-order valence-corrected chi connectivity index (χ0v) is 13.6. The van der Waals surface area contributed by atoms with Gasteiger partial charge in [-0.25, -0.2) is 18.4 Å². The molecule has 0 unspecified atom stereocenters. The first-order valence-corrected chi connectivity index (χ1v) is 8.84. The van der Waals surface area contributed by atoms with Gasteiger partial charge in [0.15, 0.2) is 0 Å². The summed E-state index contributed by atoms with van der Waals surface area (Å²) in [5.74, 6) is -0.289. The van der Waals surface area contributed by atoms with Crippen molar-refractivity contribution in [2.75, 3.05) is 13.2 Å². The van der Waals surface area contributed by atoms with Gasteiger partial charge in [0.2, 0.25) is 10.0 Å². The van der Waals surface area contributed by atoms with Crippen molar-refractivity contribution in [3.05, 3.63) is 45.6 Å². The number of rotatable bonds is 6. The lowest BCUT2D eigenvalue weighted by atomic mass is 10.3. The van der Waals surface area contributed by atoms with E-state index in [1.807, 2.05) is 0 Å². The maximum Gasteiger partial charge on any atom is 0.349 e. The lowest BCUT2D eigenvalue weighted by Crippen LogP contribution is -2.17. The van der Waals surface area contributed by atoms with Gasteiger partial charge in [-0.15, -0.1) is 11.3 Å². The molecule has 2 aromatic rings. The van der Waals surface area contributed by atoms with E-state index in [0.29, 0.717) is 10.8 Å². The number of esters is 1. The van der Waals surface area contributed by atoms with Gasteiger partial charge in [0, 0.05) is 0 Å². The highest BCUT2D eigenvalue weighted by Crippen LogP contribution is 2.23. The van der Waals surface area contributed by atoms with Crippen LogP contribution in [0.5, 0.6) is 5.75 Å². The smallest absolute Gasteiger partial charge is 0.349 e. The van der Waals surface area contributed by atoms with Crippen LogP contribution in [0.15, 0.2) is 40.6 Å². The molecule has 0 amide bonds. The second kappa shape index (κ2) is 7.10. The van der Waals surface area contributed by atoms with Crippen LogP contribution in [0.25, 0.3) is 0 Å². The Labute approximate surface area is 136 Å². The number of halogens is 1. The topological polar surface area (TPSA) is 95.7 Å². The lowest BCUT2D eigenvalue weighted by Gasteiger charge is -2.08. The fraction of sp³-hybridized carbons (Fsp3) is 0.154. The van der Waals surface area contributed by atoms with E-state index in [0.717, 1.165) is 11.3 Å². The quantitative estimate of drug-likeness (QED) is 0.629. The van der Waals surface area contributed by atoms with Crippen molar-refractivity contribution in [3.63, 3.8) is 0 Å². The molecular weight excluding hydrogens is 350 g/mol. The molecule has 2 N–H and O–H groups in total. The highest BCUT2D eigenvalue weighted by atomic mass is 35.5. The number of thiophene rings is 1. The lowest BCUT2D eigenvalue weighted by molar-refractivity contribution is 0.0452. The Morgan fingerprint density at radius 3 is 2.64 bits per heavy atom. The molecule has 0 aliphatic rings. The molecular formula is C13H12ClNO5S2. The number of sulfonamides is 1. The van der Waals surface area contributed by atoms with Crippen LogP contribution in [-0.2, 0) is 14.8 Å². The molecule has 2 rings (SSSR count). The van der Waals surface area contributed by atoms with Crippen LogP contribution in [0, 0.1) is 0 Å². The zero-order chi connectivity index (χ0) is 16.2. The van der Waals surface area contributed by atoms with E-state index in [9.17, 15) is 13.2 Å². The van der Waals surface area contributed by atoms with Crippen molar-refractivity contribution in [1.82, 2.24) is 0 Å². The average Bonchev–Trinajstić information content (AvgIpc) is 2.94. The minimum absolute atomic E-state index is 0.0496. The first-order valence-electron chi connectivity index (χ1n) is 6.04. The minimum atomic E-state index is -3.95. The Kier molecular flexibility index (Phi) is 5.41. The van der Waals surface area contributed by atoms with Crippen molar-refractivity contribution in [2.24, 2.45) is 5.14 Å². The molecule has 1 aromatic carbocycles. The number of carbonyl (C=O) groups excluding carboxylic acids is 1. The Morgan fingerprint density at radius 1 is 1.23 bits per heavy atom. The van der Waals surface area contributed by atoms with E-state index in [2.05, 4.69) is 0 Å². The second-order valence-electron chi connectivity index (χ2n) is 4.07. The highest BCUT2D eigenvalue weighted by molar-refractivity contribution is 7.89. The van der Waals surface area contributed by atoms with Crippen LogP contribution in [0.3, 0.4) is 0 Å². The van der Waals surface area contributed by atoms with Crippen LogP contribution >= 0.6 is 22.9 Å². The van der Waals surface area contributed by atoms with Gasteiger partial charge in [-0.3, -0.25) is 0 Å². The number of para-hydroxylation sites is 1. The third kappa shape index (κ3) is 4.20. The normalized spacial score (nSPS) is 11.2. The largest absolute Gasteiger partial charge is 0.488 e. The van der Waals surface area contributed by atoms with Crippen LogP contribution < -0.4 is 9.88 Å². The van der Waals surface area contributed by atoms with Crippen molar-refractivity contribution in [2.45, 2.75) is 4.90 Å². The molecule has 0 saturated carbocycles. The standard InChI is InChI=1S/C13H12ClNO5S2/c14-9-3-1-2-4-10(9)19-6-7-20-13(16)12-11(5-8-21-12)22(15,17)18/h1-5,8H,6-7H2,(H2,15,17,18). The number of primary sulfonamides is 1. The second-order valence-corrected chi connectivity index (χ2v) is 6.93. The third-order valence-electron chi connectivity index (χ3n) is 2.53. The van der Waals surface area contributed by atoms with Crippen LogP contribution in [0.1, 0.15) is 9.67 Å². The number of ether oxygens (including phenoxy) is 2. The van der Waals surface area contributed by atoms with Gasteiger partial charge in [-0.05, 0) is 23.6 Å². The van der Waals surface area contributed by atoms with Gasteiger partial charge in [0.1, 0.15) is 28.7 Å². The van der Waals surface area contributed by atoms with Crippen molar-refractivity contribution in [1.29, 1.82) is 0 Å². The van der Waals surface area contributed by atoms with E-state index in [4.69, 9.17) is 26.2 Å². The molecule has 0 radical (unpaired) electrons. The van der Waals surface area contributed by atoms with Gasteiger partial charge in [0.05, 0.1) is 5.02 Å². The number of carbonyl (C=O) groups is 1. The van der Waals surface area contributed by atoms with E-state index in [-0.39, 0.29) is 23.0 Å². The van der Waals surface area contributed by atoms with Crippen LogP contribution in [0.2, 0.25) is 5.02 Å². The molecule has 9 heteroatoms. The number of hydrogen-bond acceptors (Lipinski definition) is 6. The summed E-state index contributed by atoms with van der Waals surface area (Å²) in [6.07, 6.45) is 0. The SMILES string of the molecule is NS(=O)(=O)c1ccsc1C(=O)OCCOc1ccccc1Cl. The molecule has 0 aliphatic heterocycles. The molecule has 0 atom stereocenters. The molecule has 0 spiro atoms. The molecule has 118 valence electrons. The summed E-state index contributed by atoms with van der Waals surface area (Å²) >= 11 is 6.85. The molecule has 6 nitrogen and oxygen atoms in total. The summed E-state index contributed by atoms with van der Waals surface area (Å²) < 4.78 is 32.9. The summed E-state index contributed by atoms with van der Waals surface area (Å²) in [7, 11) is -3.95. The summed E-state index contributed by atoms with van der Waals surface area (Å²) in [4.78, 5) is 11.5. The summed E-state index contributed by atoms with van der Waals surface area (Å²) in [6.45, 7) is 0.0393. The third-order valence-corrected chi connectivity index (χ3v) is 4.82. The number of hydrogen-bond donors (Lipinski definition) is 1. The fourth-order valence-corrected chi connectivity index (χ4v) is 3.63. The predicted molar refractivity (Wildman–Crippen MR) is 82.9 cm³/mol. The molecule has 0 bridgehead atoms. The number of nitrogens with two attached hydrogens (primary N) is 1. The molecule has 22 heavy (non-hydrogen) atoms. The van der Waals surface area contributed by atoms with Crippen LogP contribution in [-0.4, -0.2) is 27.6 Å². The fourth-order valence-electron chi connectivity index (χ4n) is 1.58. The molecule has 1 aromatic heterocycles. The maximum absolute atomic E-state index is 11.8. The summed E-state index contributed by atoms with van der Waals surface area (Å²) in [5.41, 5.74) is 0. The van der Waals surface area contributed by atoms with E-state index in [1.165, 1.54) is 11.4 Å². The van der Waals surface area contributed by atoms with Gasteiger partial charge in [-0.1, -0.05) is 23.7 Å². The monoisotopic (exact) mass is 361 g/mol. The van der Waals surface area contributed by atoms with Gasteiger partial charge < -0.3 is 9.47 Å². The Hall–Kier alpha value is -1.61. The average molecular weight is 362 g/mol. The Balaban J connectivity index is 1.89. The van der Waals surface area contributed by atoms with Crippen molar-refractivity contribution in [3.8, 4) is 5.75 Å². The zero-order valence-electron chi connectivity index (χ0n) is 11.2. The molecule has 0 saturated heterocycles. The van der Waals surface area contributed by atoms with Crippen LogP contribution in [0.4, 0.5) is 0 Å². The van der Waals surface area contributed by atoms with Gasteiger partial charge >= 0.3 is 5.97 Å². The molecule has 0 fully saturated rings. The first kappa shape index (κ1) is 16.8. The molecule has 1 heterocycles. The minimum Gasteiger partial charge on any atom is -0.488 e. The van der Waals surface area contributed by atoms with E-state index < -0.39 is 16.0 Å². The van der Waals surface area contributed by atoms with Gasteiger partial charge in [-0.2, -0.15) is 0 Å². The van der Waals surface area contributed by atoms with Crippen molar-refractivity contribution >= 4 is 38.9 Å². The van der Waals surface area contributed by atoms with E-state index >= 15 is 0 Å². The highest BCUT2D eigenvalue weighted by Gasteiger charge is 2.22. The molecule has 0 aliphatic carbocycles. The Bertz CT molecular complexity index is 772. The first-order chi connectivity index (χ1) is 10.4. The van der Waals surface area contributed by atoms with E-state index in [1.54, 1.807) is 24.3 Å². The summed E-state index contributed by atoms with van der Waals surface area (Å²) in [6, 6.07) is 8.14. The predicted octanol–water partition coefficient (Wildman–Crippen LogP) is 2.28. The van der Waals surface area contributed by atoms with Gasteiger partial charge in [0.25, 0.3) is 0 Å². The van der Waals surface area contributed by atoms with Crippen molar-refractivity contribution < 1.29 is 22.7 Å².